The third-order valence-electron chi connectivity index (χ3n) is 2.96. The molecule has 0 fully saturated rings. The van der Waals surface area contributed by atoms with Crippen LogP contribution in [0, 0.1) is 0 Å². The van der Waals surface area contributed by atoms with E-state index in [0.717, 1.165) is 25.7 Å². The van der Waals surface area contributed by atoms with Crippen LogP contribution in [0.1, 0.15) is 46.5 Å². The average Bonchev–Trinajstić information content (AvgIpc) is 2.47. The van der Waals surface area contributed by atoms with Crippen LogP contribution in [0.25, 0.3) is 0 Å². The fourth-order valence-corrected chi connectivity index (χ4v) is 2.66. The Balaban J connectivity index is 2.70. The second-order valence-corrected chi connectivity index (χ2v) is 6.47. The monoisotopic (exact) mass is 345 g/mol. The number of phosphoric acid groups is 1. The van der Waals surface area contributed by atoms with Crippen molar-refractivity contribution < 1.29 is 28.0 Å². The standard InChI is InChI=1S/C16H27O6P/c1-4-6-13-19-16(3,20-14-7-5-2)22-23(17,18)21-15-11-9-8-10-12-15/h8-12H,4-7,13-14H2,1-3H3,(H,17,18)/p-1. The molecule has 0 N–H and O–H groups in total. The normalized spacial score (nSPS) is 14.4. The van der Waals surface area contributed by atoms with E-state index < -0.39 is 13.8 Å². The summed E-state index contributed by atoms with van der Waals surface area (Å²) in [6, 6.07) is 8.16. The summed E-state index contributed by atoms with van der Waals surface area (Å²) < 4.78 is 33.1. The van der Waals surface area contributed by atoms with E-state index in [1.807, 2.05) is 13.8 Å². The van der Waals surface area contributed by atoms with E-state index in [4.69, 9.17) is 18.5 Å². The zero-order valence-electron chi connectivity index (χ0n) is 14.0. The van der Waals surface area contributed by atoms with Gasteiger partial charge in [-0.05, 0) is 25.0 Å². The molecule has 0 aliphatic rings. The van der Waals surface area contributed by atoms with Gasteiger partial charge >= 0.3 is 7.82 Å². The summed E-state index contributed by atoms with van der Waals surface area (Å²) in [7, 11) is -4.63. The Bertz CT molecular complexity index is 469. The van der Waals surface area contributed by atoms with Gasteiger partial charge in [0.25, 0.3) is 5.97 Å². The van der Waals surface area contributed by atoms with Gasteiger partial charge in [-0.3, -0.25) is 9.09 Å². The summed E-state index contributed by atoms with van der Waals surface area (Å²) >= 11 is 0. The van der Waals surface area contributed by atoms with Crippen molar-refractivity contribution in [2.24, 2.45) is 0 Å². The second kappa shape index (κ2) is 10.1. The molecule has 23 heavy (non-hydrogen) atoms. The van der Waals surface area contributed by atoms with Crippen molar-refractivity contribution in [2.45, 2.75) is 52.4 Å². The number of ether oxygens (including phenoxy) is 2. The molecule has 1 unspecified atom stereocenters. The van der Waals surface area contributed by atoms with Crippen molar-refractivity contribution in [3.05, 3.63) is 30.3 Å². The first-order valence-corrected chi connectivity index (χ1v) is 9.41. The smallest absolute Gasteiger partial charge is 0.324 e. The van der Waals surface area contributed by atoms with Crippen LogP contribution in [0.4, 0.5) is 0 Å². The van der Waals surface area contributed by atoms with Crippen LogP contribution in [-0.2, 0) is 18.6 Å². The molecule has 132 valence electrons. The van der Waals surface area contributed by atoms with Gasteiger partial charge in [0, 0.05) is 6.92 Å². The topological polar surface area (TPSA) is 77.1 Å². The lowest BCUT2D eigenvalue weighted by Gasteiger charge is -2.35. The molecule has 1 rings (SSSR count). The van der Waals surface area contributed by atoms with E-state index in [9.17, 15) is 9.46 Å². The Kier molecular flexibility index (Phi) is 8.81. The van der Waals surface area contributed by atoms with Gasteiger partial charge < -0.3 is 18.9 Å². The van der Waals surface area contributed by atoms with E-state index in [1.54, 1.807) is 18.2 Å². The Morgan fingerprint density at radius 3 is 2.04 bits per heavy atom. The predicted octanol–water partition coefficient (Wildman–Crippen LogP) is 3.86. The summed E-state index contributed by atoms with van der Waals surface area (Å²) in [5, 5.41) is 0. The Morgan fingerprint density at radius 1 is 1.04 bits per heavy atom. The Hall–Kier alpha value is -0.910. The van der Waals surface area contributed by atoms with E-state index >= 15 is 0 Å². The summed E-state index contributed by atoms with van der Waals surface area (Å²) in [5.41, 5.74) is 0. The third-order valence-corrected chi connectivity index (χ3v) is 3.95. The van der Waals surface area contributed by atoms with E-state index in [0.29, 0.717) is 13.2 Å². The minimum absolute atomic E-state index is 0.176. The van der Waals surface area contributed by atoms with Gasteiger partial charge in [0.15, 0.2) is 0 Å². The summed E-state index contributed by atoms with van der Waals surface area (Å²) in [5.74, 6) is -1.51. The molecule has 1 aromatic rings. The molecule has 0 heterocycles. The molecule has 1 atom stereocenters. The number of hydrogen-bond donors (Lipinski definition) is 0. The van der Waals surface area contributed by atoms with Gasteiger partial charge in [0.1, 0.15) is 5.75 Å². The number of phosphoric ester groups is 1. The summed E-state index contributed by atoms with van der Waals surface area (Å²) in [6.07, 6.45) is 3.39. The molecule has 1 aromatic carbocycles. The van der Waals surface area contributed by atoms with E-state index in [2.05, 4.69) is 0 Å². The lowest BCUT2D eigenvalue weighted by Crippen LogP contribution is -2.37. The first kappa shape index (κ1) is 20.1. The largest absolute Gasteiger partial charge is 0.746 e. The maximum atomic E-state index is 12.1. The second-order valence-electron chi connectivity index (χ2n) is 5.21. The molecule has 0 spiro atoms. The Labute approximate surface area is 138 Å². The molecule has 0 aromatic heterocycles. The van der Waals surface area contributed by atoms with Gasteiger partial charge in [-0.25, -0.2) is 0 Å². The maximum absolute atomic E-state index is 12.1. The van der Waals surface area contributed by atoms with Gasteiger partial charge in [0.05, 0.1) is 13.2 Å². The van der Waals surface area contributed by atoms with Crippen LogP contribution in [-0.4, -0.2) is 19.2 Å². The third kappa shape index (κ3) is 8.49. The van der Waals surface area contributed by atoms with Crippen LogP contribution in [0.5, 0.6) is 5.75 Å². The SMILES string of the molecule is CCCCOC(C)(OCCCC)OP(=O)([O-])Oc1ccccc1. The number of para-hydroxylation sites is 1. The van der Waals surface area contributed by atoms with Crippen LogP contribution >= 0.6 is 7.82 Å². The zero-order chi connectivity index (χ0) is 17.2. The van der Waals surface area contributed by atoms with Gasteiger partial charge in [-0.1, -0.05) is 44.9 Å². The molecule has 6 nitrogen and oxygen atoms in total. The molecule has 7 heteroatoms. The van der Waals surface area contributed by atoms with Crippen LogP contribution in [0.2, 0.25) is 0 Å². The molecule has 0 saturated carbocycles. The van der Waals surface area contributed by atoms with Gasteiger partial charge in [0.2, 0.25) is 0 Å². The first-order valence-electron chi connectivity index (χ1n) is 7.95. The molecule has 0 aliphatic heterocycles. The van der Waals surface area contributed by atoms with Crippen molar-refractivity contribution in [2.75, 3.05) is 13.2 Å². The molecule has 0 bridgehead atoms. The van der Waals surface area contributed by atoms with E-state index in [-0.39, 0.29) is 5.75 Å². The number of rotatable bonds is 12. The highest BCUT2D eigenvalue weighted by Crippen LogP contribution is 2.44. The highest BCUT2D eigenvalue weighted by atomic mass is 31.2. The lowest BCUT2D eigenvalue weighted by atomic mass is 10.3. The fraction of sp³-hybridized carbons (Fsp3) is 0.625. The molecular weight excluding hydrogens is 319 g/mol. The number of hydrogen-bond acceptors (Lipinski definition) is 6. The van der Waals surface area contributed by atoms with Crippen molar-refractivity contribution in [1.29, 1.82) is 0 Å². The van der Waals surface area contributed by atoms with Crippen LogP contribution < -0.4 is 9.42 Å². The lowest BCUT2D eigenvalue weighted by molar-refractivity contribution is -0.357. The quantitative estimate of drug-likeness (QED) is 0.325. The minimum Gasteiger partial charge on any atom is -0.746 e. The van der Waals surface area contributed by atoms with E-state index in [1.165, 1.54) is 19.1 Å². The fourth-order valence-electron chi connectivity index (χ4n) is 1.73. The molecule has 0 amide bonds. The van der Waals surface area contributed by atoms with Crippen LogP contribution in [0.3, 0.4) is 0 Å². The zero-order valence-corrected chi connectivity index (χ0v) is 14.9. The molecule has 0 saturated heterocycles. The molecule has 0 radical (unpaired) electrons. The first-order chi connectivity index (χ1) is 10.9. The van der Waals surface area contributed by atoms with Crippen molar-refractivity contribution in [3.63, 3.8) is 0 Å². The summed E-state index contributed by atoms with van der Waals surface area (Å²) in [6.45, 7) is 6.14. The highest BCUT2D eigenvalue weighted by Gasteiger charge is 2.33. The number of benzene rings is 1. The van der Waals surface area contributed by atoms with Gasteiger partial charge in [-0.2, -0.15) is 0 Å². The Morgan fingerprint density at radius 2 is 1.57 bits per heavy atom. The molecular formula is C16H26O6P-. The summed E-state index contributed by atoms with van der Waals surface area (Å²) in [4.78, 5) is 12.1. The van der Waals surface area contributed by atoms with Crippen molar-refractivity contribution in [1.82, 2.24) is 0 Å². The van der Waals surface area contributed by atoms with Gasteiger partial charge in [-0.15, -0.1) is 0 Å². The van der Waals surface area contributed by atoms with Crippen molar-refractivity contribution in [3.8, 4) is 5.75 Å². The number of unbranched alkanes of at least 4 members (excludes halogenated alkanes) is 2. The van der Waals surface area contributed by atoms with Crippen molar-refractivity contribution >= 4 is 7.82 Å². The highest BCUT2D eigenvalue weighted by molar-refractivity contribution is 7.46. The maximum Gasteiger partial charge on any atom is 0.324 e. The van der Waals surface area contributed by atoms with Crippen LogP contribution in [0.15, 0.2) is 30.3 Å². The minimum atomic E-state index is -4.63. The average molecular weight is 345 g/mol. The molecule has 0 aliphatic carbocycles. The predicted molar refractivity (Wildman–Crippen MR) is 85.9 cm³/mol.